The average molecular weight is 365 g/mol. The van der Waals surface area contributed by atoms with E-state index in [4.69, 9.17) is 14.2 Å². The molecule has 0 amide bonds. The number of fused-ring (bicyclic) bond motifs is 1. The Morgan fingerprint density at radius 1 is 1.04 bits per heavy atom. The van der Waals surface area contributed by atoms with E-state index in [1.165, 1.54) is 5.56 Å². The van der Waals surface area contributed by atoms with Gasteiger partial charge in [-0.15, -0.1) is 0 Å². The third kappa shape index (κ3) is 4.32. The van der Waals surface area contributed by atoms with Crippen LogP contribution in [-0.2, 0) is 14.9 Å². The van der Waals surface area contributed by atoms with Gasteiger partial charge in [-0.3, -0.25) is 0 Å². The molecule has 1 aliphatic heterocycles. The first-order chi connectivity index (χ1) is 12.7. The largest absolute Gasteiger partial charge is 0.488 e. The second kappa shape index (κ2) is 7.34. The summed E-state index contributed by atoms with van der Waals surface area (Å²) >= 11 is 0. The van der Waals surface area contributed by atoms with Crippen LogP contribution in [0.2, 0.25) is 0 Å². The maximum atomic E-state index is 6.15. The molecule has 1 aromatic heterocycles. The molecule has 3 rings (SSSR count). The summed E-state index contributed by atoms with van der Waals surface area (Å²) in [6, 6.07) is 9.96. The van der Waals surface area contributed by atoms with Gasteiger partial charge in [0.15, 0.2) is 6.29 Å². The molecule has 1 aromatic carbocycles. The van der Waals surface area contributed by atoms with E-state index in [9.17, 15) is 0 Å². The first-order valence-electron chi connectivity index (χ1n) is 9.11. The van der Waals surface area contributed by atoms with Crippen LogP contribution >= 0.6 is 0 Å². The SMILES string of the molecule is COC(OC)c1ccc(C#Cc2ccc3c(c2)C(C)(C)CC(C)(C)O3)nc1. The van der Waals surface area contributed by atoms with E-state index >= 15 is 0 Å². The van der Waals surface area contributed by atoms with Crippen LogP contribution in [0.15, 0.2) is 36.5 Å². The van der Waals surface area contributed by atoms with Crippen molar-refractivity contribution in [2.24, 2.45) is 0 Å². The highest BCUT2D eigenvalue weighted by molar-refractivity contribution is 5.50. The summed E-state index contributed by atoms with van der Waals surface area (Å²) in [7, 11) is 3.20. The lowest BCUT2D eigenvalue weighted by Crippen LogP contribution is -2.41. The molecule has 0 fully saturated rings. The van der Waals surface area contributed by atoms with Gasteiger partial charge in [0.1, 0.15) is 17.0 Å². The van der Waals surface area contributed by atoms with Crippen LogP contribution in [0.1, 0.15) is 62.8 Å². The summed E-state index contributed by atoms with van der Waals surface area (Å²) in [5, 5.41) is 0. The van der Waals surface area contributed by atoms with E-state index in [0.29, 0.717) is 5.69 Å². The molecule has 4 heteroatoms. The number of methoxy groups -OCH3 is 2. The van der Waals surface area contributed by atoms with Gasteiger partial charge in [0.05, 0.1) is 0 Å². The summed E-state index contributed by atoms with van der Waals surface area (Å²) in [6.07, 6.45) is 2.28. The quantitative estimate of drug-likeness (QED) is 0.588. The molecule has 27 heavy (non-hydrogen) atoms. The topological polar surface area (TPSA) is 40.6 Å². The number of aromatic nitrogens is 1. The lowest BCUT2D eigenvalue weighted by atomic mass is 9.73. The van der Waals surface area contributed by atoms with Crippen LogP contribution in [0.25, 0.3) is 0 Å². The second-order valence-corrected chi connectivity index (χ2v) is 8.16. The highest BCUT2D eigenvalue weighted by Crippen LogP contribution is 2.44. The minimum Gasteiger partial charge on any atom is -0.488 e. The molecule has 0 spiro atoms. The molecule has 4 nitrogen and oxygen atoms in total. The Labute approximate surface area is 161 Å². The number of pyridine rings is 1. The van der Waals surface area contributed by atoms with Gasteiger partial charge in [-0.25, -0.2) is 4.98 Å². The minimum atomic E-state index is -0.411. The van der Waals surface area contributed by atoms with Crippen LogP contribution < -0.4 is 4.74 Å². The summed E-state index contributed by atoms with van der Waals surface area (Å²) in [4.78, 5) is 4.39. The Balaban J connectivity index is 1.84. The molecule has 0 bridgehead atoms. The molecule has 0 saturated carbocycles. The van der Waals surface area contributed by atoms with Gasteiger partial charge in [0, 0.05) is 37.1 Å². The molecule has 0 atom stereocenters. The van der Waals surface area contributed by atoms with Gasteiger partial charge in [0.2, 0.25) is 0 Å². The Morgan fingerprint density at radius 2 is 1.78 bits per heavy atom. The van der Waals surface area contributed by atoms with Crippen molar-refractivity contribution in [1.29, 1.82) is 0 Å². The first-order valence-corrected chi connectivity index (χ1v) is 9.11. The molecule has 0 radical (unpaired) electrons. The normalized spacial score (nSPS) is 16.9. The van der Waals surface area contributed by atoms with Gasteiger partial charge in [-0.05, 0) is 61.9 Å². The molecule has 142 valence electrons. The predicted molar refractivity (Wildman–Crippen MR) is 106 cm³/mol. The van der Waals surface area contributed by atoms with Crippen molar-refractivity contribution in [2.75, 3.05) is 14.2 Å². The highest BCUT2D eigenvalue weighted by Gasteiger charge is 2.38. The molecular formula is C23H27NO3. The number of hydrogen-bond acceptors (Lipinski definition) is 4. The zero-order chi connectivity index (χ0) is 19.7. The molecule has 2 heterocycles. The molecule has 0 aliphatic carbocycles. The smallest absolute Gasteiger partial charge is 0.184 e. The minimum absolute atomic E-state index is 0.0456. The number of rotatable bonds is 3. The van der Waals surface area contributed by atoms with E-state index in [1.54, 1.807) is 20.4 Å². The van der Waals surface area contributed by atoms with E-state index in [2.05, 4.69) is 50.6 Å². The summed E-state index contributed by atoms with van der Waals surface area (Å²) in [5.41, 5.74) is 3.63. The summed E-state index contributed by atoms with van der Waals surface area (Å²) in [5.74, 6) is 7.30. The van der Waals surface area contributed by atoms with Crippen molar-refractivity contribution in [2.45, 2.75) is 51.4 Å². The Kier molecular flexibility index (Phi) is 5.28. The molecular weight excluding hydrogens is 338 g/mol. The summed E-state index contributed by atoms with van der Waals surface area (Å²) in [6.45, 7) is 8.79. The fraction of sp³-hybridized carbons (Fsp3) is 0.435. The van der Waals surface area contributed by atoms with Crippen molar-refractivity contribution < 1.29 is 14.2 Å². The molecule has 0 N–H and O–H groups in total. The van der Waals surface area contributed by atoms with Crippen LogP contribution in [0.5, 0.6) is 5.75 Å². The molecule has 0 unspecified atom stereocenters. The average Bonchev–Trinajstić information content (AvgIpc) is 2.61. The van der Waals surface area contributed by atoms with E-state index < -0.39 is 6.29 Å². The molecule has 1 aliphatic rings. The van der Waals surface area contributed by atoms with Gasteiger partial charge in [0.25, 0.3) is 0 Å². The summed E-state index contributed by atoms with van der Waals surface area (Å²) < 4.78 is 16.6. The van der Waals surface area contributed by atoms with Crippen LogP contribution in [0.4, 0.5) is 0 Å². The van der Waals surface area contributed by atoms with Crippen molar-refractivity contribution in [3.63, 3.8) is 0 Å². The van der Waals surface area contributed by atoms with Crippen LogP contribution in [0, 0.1) is 11.8 Å². The van der Waals surface area contributed by atoms with Gasteiger partial charge in [-0.1, -0.05) is 19.8 Å². The monoisotopic (exact) mass is 365 g/mol. The Hall–Kier alpha value is -2.35. The van der Waals surface area contributed by atoms with Crippen LogP contribution in [0.3, 0.4) is 0 Å². The standard InChI is InChI=1S/C23H27NO3/c1-22(2)15-23(3,4)27-20-12-8-16(13-19(20)22)7-10-18-11-9-17(14-24-18)21(25-5)26-6/h8-9,11-14,21H,15H2,1-6H3. The number of nitrogens with zero attached hydrogens (tertiary/aromatic N) is 1. The van der Waals surface area contributed by atoms with Gasteiger partial charge >= 0.3 is 0 Å². The fourth-order valence-electron chi connectivity index (χ4n) is 3.84. The molecule has 2 aromatic rings. The zero-order valence-corrected chi connectivity index (χ0v) is 16.9. The third-order valence-electron chi connectivity index (χ3n) is 4.78. The predicted octanol–water partition coefficient (Wildman–Crippen LogP) is 4.61. The van der Waals surface area contributed by atoms with Gasteiger partial charge in [-0.2, -0.15) is 0 Å². The van der Waals surface area contributed by atoms with E-state index in [-0.39, 0.29) is 11.0 Å². The van der Waals surface area contributed by atoms with Crippen molar-refractivity contribution in [3.8, 4) is 17.6 Å². The lowest BCUT2D eigenvalue weighted by molar-refractivity contribution is -0.106. The number of benzene rings is 1. The van der Waals surface area contributed by atoms with Crippen molar-refractivity contribution in [3.05, 3.63) is 58.9 Å². The van der Waals surface area contributed by atoms with Crippen molar-refractivity contribution >= 4 is 0 Å². The Bertz CT molecular complexity index is 869. The molecule has 0 saturated heterocycles. The number of hydrogen-bond donors (Lipinski definition) is 0. The van der Waals surface area contributed by atoms with E-state index in [1.807, 2.05) is 24.3 Å². The third-order valence-corrected chi connectivity index (χ3v) is 4.78. The maximum absolute atomic E-state index is 6.15. The van der Waals surface area contributed by atoms with Crippen molar-refractivity contribution in [1.82, 2.24) is 4.98 Å². The fourth-order valence-corrected chi connectivity index (χ4v) is 3.84. The van der Waals surface area contributed by atoms with E-state index in [0.717, 1.165) is 23.3 Å². The first kappa shape index (κ1) is 19.4. The lowest BCUT2D eigenvalue weighted by Gasteiger charge is -2.42. The second-order valence-electron chi connectivity index (χ2n) is 8.16. The zero-order valence-electron chi connectivity index (χ0n) is 16.9. The highest BCUT2D eigenvalue weighted by atomic mass is 16.7. The van der Waals surface area contributed by atoms with Gasteiger partial charge < -0.3 is 14.2 Å². The Morgan fingerprint density at radius 3 is 2.41 bits per heavy atom. The number of ether oxygens (including phenoxy) is 3. The van der Waals surface area contributed by atoms with Crippen LogP contribution in [-0.4, -0.2) is 24.8 Å². The maximum Gasteiger partial charge on any atom is 0.184 e.